The number of benzene rings is 1. The quantitative estimate of drug-likeness (QED) is 0.587. The molecule has 0 aliphatic carbocycles. The molecule has 16 heavy (non-hydrogen) atoms. The highest BCUT2D eigenvalue weighted by Crippen LogP contribution is 2.27. The van der Waals surface area contributed by atoms with Gasteiger partial charge in [0.25, 0.3) is 0 Å². The van der Waals surface area contributed by atoms with Crippen molar-refractivity contribution in [2.45, 2.75) is 13.0 Å². The maximum absolute atomic E-state index is 12.0. The van der Waals surface area contributed by atoms with E-state index in [1.165, 1.54) is 18.2 Å². The minimum absolute atomic E-state index is 0.0189. The van der Waals surface area contributed by atoms with Crippen LogP contribution in [0.3, 0.4) is 0 Å². The number of Topliss-reactive ketones (excluding diaryl/α,β-unsaturated/α-hetero) is 1. The van der Waals surface area contributed by atoms with Crippen LogP contribution >= 0.6 is 31.9 Å². The minimum Gasteiger partial charge on any atom is -0.434 e. The highest BCUT2D eigenvalue weighted by molar-refractivity contribution is 9.10. The number of ketones is 1. The molecule has 0 atom stereocenters. The molecule has 0 amide bonds. The average molecular weight is 358 g/mol. The Bertz CT molecular complexity index is 383. The van der Waals surface area contributed by atoms with E-state index in [9.17, 15) is 13.6 Å². The van der Waals surface area contributed by atoms with Gasteiger partial charge in [-0.1, -0.05) is 15.9 Å². The van der Waals surface area contributed by atoms with Crippen molar-refractivity contribution in [1.29, 1.82) is 0 Å². The van der Waals surface area contributed by atoms with Gasteiger partial charge in [0.05, 0.1) is 4.47 Å². The van der Waals surface area contributed by atoms with Gasteiger partial charge in [-0.25, -0.2) is 0 Å². The standard InChI is InChI=1S/C10H8Br2F2O2/c11-4-3-8(15)6-1-2-9(7(12)5-6)16-10(13)14/h1-2,5,10H,3-4H2. The van der Waals surface area contributed by atoms with Crippen LogP contribution in [0.4, 0.5) is 8.78 Å². The zero-order valence-corrected chi connectivity index (χ0v) is 11.2. The summed E-state index contributed by atoms with van der Waals surface area (Å²) in [7, 11) is 0. The fourth-order valence-corrected chi connectivity index (χ4v) is 1.93. The first-order chi connectivity index (χ1) is 7.54. The predicted molar refractivity (Wildman–Crippen MR) is 63.5 cm³/mol. The fourth-order valence-electron chi connectivity index (χ4n) is 1.10. The number of hydrogen-bond acceptors (Lipinski definition) is 2. The zero-order chi connectivity index (χ0) is 12.1. The average Bonchev–Trinajstić information content (AvgIpc) is 2.20. The Balaban J connectivity index is 2.86. The van der Waals surface area contributed by atoms with Gasteiger partial charge in [-0.15, -0.1) is 0 Å². The lowest BCUT2D eigenvalue weighted by molar-refractivity contribution is -0.0503. The van der Waals surface area contributed by atoms with Crippen LogP contribution in [0.1, 0.15) is 16.8 Å². The second-order valence-corrected chi connectivity index (χ2v) is 4.53. The van der Waals surface area contributed by atoms with E-state index < -0.39 is 6.61 Å². The van der Waals surface area contributed by atoms with Crippen LogP contribution < -0.4 is 4.74 Å². The minimum atomic E-state index is -2.87. The largest absolute Gasteiger partial charge is 0.434 e. The van der Waals surface area contributed by atoms with E-state index in [2.05, 4.69) is 36.6 Å². The third-order valence-electron chi connectivity index (χ3n) is 1.79. The van der Waals surface area contributed by atoms with Crippen molar-refractivity contribution >= 4 is 37.6 Å². The Labute approximate surface area is 108 Å². The van der Waals surface area contributed by atoms with Crippen LogP contribution in [0.2, 0.25) is 0 Å². The van der Waals surface area contributed by atoms with Gasteiger partial charge in [0.15, 0.2) is 5.78 Å². The van der Waals surface area contributed by atoms with E-state index in [0.29, 0.717) is 21.8 Å². The molecule has 0 N–H and O–H groups in total. The summed E-state index contributed by atoms with van der Waals surface area (Å²) in [5, 5.41) is 0.568. The van der Waals surface area contributed by atoms with Gasteiger partial charge in [0.1, 0.15) is 5.75 Å². The summed E-state index contributed by atoms with van der Waals surface area (Å²) in [6, 6.07) is 4.29. The molecule has 0 aromatic heterocycles. The van der Waals surface area contributed by atoms with Gasteiger partial charge in [-0.2, -0.15) is 8.78 Å². The summed E-state index contributed by atoms with van der Waals surface area (Å²) < 4.78 is 28.5. The molecule has 0 aliphatic heterocycles. The van der Waals surface area contributed by atoms with E-state index in [1.807, 2.05) is 0 Å². The van der Waals surface area contributed by atoms with Gasteiger partial charge >= 0.3 is 6.61 Å². The number of carbonyl (C=O) groups is 1. The Morgan fingerprint density at radius 2 is 2.12 bits per heavy atom. The molecule has 0 unspecified atom stereocenters. The van der Waals surface area contributed by atoms with Crippen molar-refractivity contribution < 1.29 is 18.3 Å². The number of alkyl halides is 3. The molecule has 0 heterocycles. The molecular formula is C10H8Br2F2O2. The van der Waals surface area contributed by atoms with E-state index >= 15 is 0 Å². The summed E-state index contributed by atoms with van der Waals surface area (Å²) in [5.41, 5.74) is 0.466. The topological polar surface area (TPSA) is 26.3 Å². The number of hydrogen-bond donors (Lipinski definition) is 0. The van der Waals surface area contributed by atoms with Crippen molar-refractivity contribution in [2.24, 2.45) is 0 Å². The number of halogens is 4. The maximum atomic E-state index is 12.0. The van der Waals surface area contributed by atoms with Crippen molar-refractivity contribution in [1.82, 2.24) is 0 Å². The van der Waals surface area contributed by atoms with Crippen LogP contribution in [0.25, 0.3) is 0 Å². The molecule has 1 rings (SSSR count). The molecule has 1 aromatic carbocycles. The molecule has 0 aliphatic rings. The molecule has 0 spiro atoms. The first-order valence-electron chi connectivity index (χ1n) is 4.38. The van der Waals surface area contributed by atoms with Crippen LogP contribution in [0, 0.1) is 0 Å². The monoisotopic (exact) mass is 356 g/mol. The van der Waals surface area contributed by atoms with Gasteiger partial charge < -0.3 is 4.74 Å². The molecule has 1 aromatic rings. The lowest BCUT2D eigenvalue weighted by atomic mass is 10.1. The lowest BCUT2D eigenvalue weighted by Gasteiger charge is -2.07. The lowest BCUT2D eigenvalue weighted by Crippen LogP contribution is -2.04. The number of carbonyl (C=O) groups excluding carboxylic acids is 1. The molecule has 2 nitrogen and oxygen atoms in total. The molecular weight excluding hydrogens is 350 g/mol. The Kier molecular flexibility index (Phi) is 5.34. The van der Waals surface area contributed by atoms with Crippen LogP contribution in [-0.2, 0) is 0 Å². The van der Waals surface area contributed by atoms with Crippen LogP contribution in [0.5, 0.6) is 5.75 Å². The summed E-state index contributed by atoms with van der Waals surface area (Å²) in [6.45, 7) is -2.87. The second-order valence-electron chi connectivity index (χ2n) is 2.89. The molecule has 6 heteroatoms. The highest BCUT2D eigenvalue weighted by atomic mass is 79.9. The third-order valence-corrected chi connectivity index (χ3v) is 2.81. The van der Waals surface area contributed by atoms with E-state index in [1.54, 1.807) is 0 Å². The zero-order valence-electron chi connectivity index (χ0n) is 8.05. The van der Waals surface area contributed by atoms with Crippen molar-refractivity contribution in [3.05, 3.63) is 28.2 Å². The molecule has 0 radical (unpaired) electrons. The van der Waals surface area contributed by atoms with Crippen molar-refractivity contribution in [2.75, 3.05) is 5.33 Å². The predicted octanol–water partition coefficient (Wildman–Crippen LogP) is 4.02. The normalized spacial score (nSPS) is 10.6. The van der Waals surface area contributed by atoms with E-state index in [-0.39, 0.29) is 11.5 Å². The molecule has 0 saturated carbocycles. The summed E-state index contributed by atoms with van der Waals surface area (Å²) in [4.78, 5) is 11.5. The van der Waals surface area contributed by atoms with Crippen molar-refractivity contribution in [3.63, 3.8) is 0 Å². The maximum Gasteiger partial charge on any atom is 0.387 e. The first-order valence-corrected chi connectivity index (χ1v) is 6.29. The Hall–Kier alpha value is -0.490. The van der Waals surface area contributed by atoms with E-state index in [4.69, 9.17) is 0 Å². The van der Waals surface area contributed by atoms with Gasteiger partial charge in [0.2, 0.25) is 0 Å². The van der Waals surface area contributed by atoms with E-state index in [0.717, 1.165) is 0 Å². The summed E-state index contributed by atoms with van der Waals surface area (Å²) in [5.74, 6) is -0.0356. The van der Waals surface area contributed by atoms with Gasteiger partial charge in [-0.05, 0) is 34.1 Å². The first kappa shape index (κ1) is 13.6. The fraction of sp³-hybridized carbons (Fsp3) is 0.300. The SMILES string of the molecule is O=C(CCBr)c1ccc(OC(F)F)c(Br)c1. The highest BCUT2D eigenvalue weighted by Gasteiger charge is 2.11. The van der Waals surface area contributed by atoms with Crippen molar-refractivity contribution in [3.8, 4) is 5.75 Å². The van der Waals surface area contributed by atoms with Crippen LogP contribution in [0.15, 0.2) is 22.7 Å². The molecule has 0 saturated heterocycles. The van der Waals surface area contributed by atoms with Gasteiger partial charge in [0, 0.05) is 17.3 Å². The molecule has 88 valence electrons. The number of rotatable bonds is 5. The summed E-state index contributed by atoms with van der Waals surface area (Å²) in [6.07, 6.45) is 0.363. The molecule has 0 fully saturated rings. The molecule has 0 bridgehead atoms. The smallest absolute Gasteiger partial charge is 0.387 e. The number of ether oxygens (including phenoxy) is 1. The third kappa shape index (κ3) is 3.83. The Morgan fingerprint density at radius 1 is 1.44 bits per heavy atom. The second kappa shape index (κ2) is 6.30. The Morgan fingerprint density at radius 3 is 2.62 bits per heavy atom. The summed E-state index contributed by atoms with van der Waals surface area (Å²) >= 11 is 6.23. The van der Waals surface area contributed by atoms with Gasteiger partial charge in [-0.3, -0.25) is 4.79 Å². The van der Waals surface area contributed by atoms with Crippen LogP contribution in [-0.4, -0.2) is 17.7 Å².